The Morgan fingerprint density at radius 3 is 2.90 bits per heavy atom. The molecule has 1 amide bonds. The number of halogens is 2. The van der Waals surface area contributed by atoms with Gasteiger partial charge in [0.15, 0.2) is 18.0 Å². The number of ether oxygens (including phenoxy) is 2. The average Bonchev–Trinajstić information content (AvgIpc) is 2.95. The molecule has 1 fully saturated rings. The monoisotopic (exact) mass is 332 g/mol. The molecule has 0 bridgehead atoms. The summed E-state index contributed by atoms with van der Waals surface area (Å²) in [4.78, 5) is 27.6. The quantitative estimate of drug-likeness (QED) is 0.857. The Balaban J connectivity index is 1.91. The van der Waals surface area contributed by atoms with E-state index < -0.39 is 24.1 Å². The number of esters is 1. The summed E-state index contributed by atoms with van der Waals surface area (Å²) < 4.78 is 10.3. The Morgan fingerprint density at radius 1 is 1.52 bits per heavy atom. The molecule has 0 aromatic carbocycles. The predicted octanol–water partition coefficient (Wildman–Crippen LogP) is 2.44. The first kappa shape index (κ1) is 16.0. The molecule has 1 aromatic rings. The number of hydrogen-bond donors (Lipinski definition) is 1. The average molecular weight is 333 g/mol. The molecule has 1 saturated heterocycles. The SMILES string of the molecule is C[C@H](OC(=O)[C@@H]1CCCO1)C(=O)Nc1ncc(Cl)cc1Cl. The summed E-state index contributed by atoms with van der Waals surface area (Å²) >= 11 is 11.6. The number of aromatic nitrogens is 1. The molecular formula is C13H14Cl2N2O4. The molecule has 114 valence electrons. The molecular weight excluding hydrogens is 319 g/mol. The smallest absolute Gasteiger partial charge is 0.336 e. The minimum absolute atomic E-state index is 0.158. The highest BCUT2D eigenvalue weighted by Gasteiger charge is 2.28. The van der Waals surface area contributed by atoms with E-state index in [1.807, 2.05) is 0 Å². The molecule has 1 N–H and O–H groups in total. The molecule has 0 spiro atoms. The molecule has 1 aliphatic rings. The van der Waals surface area contributed by atoms with Crippen LogP contribution in [-0.4, -0.2) is 35.7 Å². The second-order valence-corrected chi connectivity index (χ2v) is 5.40. The first-order valence-corrected chi connectivity index (χ1v) is 7.17. The molecule has 2 rings (SSSR count). The van der Waals surface area contributed by atoms with Crippen molar-refractivity contribution in [1.29, 1.82) is 0 Å². The van der Waals surface area contributed by atoms with Crippen LogP contribution < -0.4 is 5.32 Å². The van der Waals surface area contributed by atoms with Gasteiger partial charge in [-0.3, -0.25) is 4.79 Å². The standard InChI is InChI=1S/C13H14Cl2N2O4/c1-7(21-13(19)10-3-2-4-20-10)12(18)17-11-9(15)5-8(14)6-16-11/h5-7,10H,2-4H2,1H3,(H,16,17,18)/t7-,10-/m0/s1. The van der Waals surface area contributed by atoms with Crippen LogP contribution in [0.2, 0.25) is 10.0 Å². The van der Waals surface area contributed by atoms with Crippen molar-refractivity contribution < 1.29 is 19.1 Å². The number of nitrogens with one attached hydrogen (secondary N) is 1. The summed E-state index contributed by atoms with van der Waals surface area (Å²) in [5.74, 6) is -0.908. The van der Waals surface area contributed by atoms with Gasteiger partial charge in [-0.25, -0.2) is 9.78 Å². The minimum Gasteiger partial charge on any atom is -0.451 e. The molecule has 0 saturated carbocycles. The van der Waals surface area contributed by atoms with Gasteiger partial charge in [-0.1, -0.05) is 23.2 Å². The highest BCUT2D eigenvalue weighted by Crippen LogP contribution is 2.22. The van der Waals surface area contributed by atoms with Gasteiger partial charge in [0.25, 0.3) is 5.91 Å². The van der Waals surface area contributed by atoms with Gasteiger partial charge in [0.1, 0.15) is 0 Å². The fourth-order valence-corrected chi connectivity index (χ4v) is 2.22. The number of hydrogen-bond acceptors (Lipinski definition) is 5. The summed E-state index contributed by atoms with van der Waals surface area (Å²) in [6, 6.07) is 1.45. The number of anilines is 1. The molecule has 0 aliphatic carbocycles. The van der Waals surface area contributed by atoms with Crippen molar-refractivity contribution in [2.24, 2.45) is 0 Å². The molecule has 2 atom stereocenters. The van der Waals surface area contributed by atoms with Gasteiger partial charge in [-0.05, 0) is 25.8 Å². The summed E-state index contributed by atoms with van der Waals surface area (Å²) in [5.41, 5.74) is 0. The Bertz CT molecular complexity index is 547. The third-order valence-corrected chi connectivity index (χ3v) is 3.40. The van der Waals surface area contributed by atoms with Crippen molar-refractivity contribution in [3.63, 3.8) is 0 Å². The summed E-state index contributed by atoms with van der Waals surface area (Å²) in [6.45, 7) is 2.00. The minimum atomic E-state index is -0.977. The summed E-state index contributed by atoms with van der Waals surface area (Å²) in [6.07, 6.45) is 1.21. The molecule has 1 aliphatic heterocycles. The van der Waals surface area contributed by atoms with Gasteiger partial charge < -0.3 is 14.8 Å². The zero-order chi connectivity index (χ0) is 15.4. The van der Waals surface area contributed by atoms with Crippen molar-refractivity contribution in [1.82, 2.24) is 4.98 Å². The second kappa shape index (κ2) is 7.06. The maximum Gasteiger partial charge on any atom is 0.336 e. The Hall–Kier alpha value is -1.37. The van der Waals surface area contributed by atoms with Crippen LogP contribution in [0.3, 0.4) is 0 Å². The Morgan fingerprint density at radius 2 is 2.29 bits per heavy atom. The van der Waals surface area contributed by atoms with Crippen molar-refractivity contribution >= 4 is 40.9 Å². The maximum atomic E-state index is 11.9. The molecule has 8 heteroatoms. The van der Waals surface area contributed by atoms with Crippen molar-refractivity contribution in [2.75, 3.05) is 11.9 Å². The van der Waals surface area contributed by atoms with Crippen LogP contribution in [0.4, 0.5) is 5.82 Å². The molecule has 0 radical (unpaired) electrons. The van der Waals surface area contributed by atoms with Gasteiger partial charge in [-0.15, -0.1) is 0 Å². The largest absolute Gasteiger partial charge is 0.451 e. The Labute approximate surface area is 131 Å². The number of carbonyl (C=O) groups is 2. The van der Waals surface area contributed by atoms with Gasteiger partial charge in [0.2, 0.25) is 0 Å². The fourth-order valence-electron chi connectivity index (χ4n) is 1.79. The van der Waals surface area contributed by atoms with Crippen LogP contribution in [0.15, 0.2) is 12.3 Å². The van der Waals surface area contributed by atoms with Crippen LogP contribution in [0.5, 0.6) is 0 Å². The summed E-state index contributed by atoms with van der Waals surface area (Å²) in [5, 5.41) is 3.03. The van der Waals surface area contributed by atoms with Crippen LogP contribution >= 0.6 is 23.2 Å². The number of pyridine rings is 1. The van der Waals surface area contributed by atoms with Crippen molar-refractivity contribution in [3.8, 4) is 0 Å². The lowest BCUT2D eigenvalue weighted by atomic mass is 10.2. The third-order valence-electron chi connectivity index (χ3n) is 2.90. The summed E-state index contributed by atoms with van der Waals surface area (Å²) in [7, 11) is 0. The van der Waals surface area contributed by atoms with Crippen LogP contribution in [0, 0.1) is 0 Å². The zero-order valence-corrected chi connectivity index (χ0v) is 12.8. The van der Waals surface area contributed by atoms with Gasteiger partial charge in [-0.2, -0.15) is 0 Å². The molecule has 2 heterocycles. The van der Waals surface area contributed by atoms with Gasteiger partial charge >= 0.3 is 5.97 Å². The lowest BCUT2D eigenvalue weighted by Gasteiger charge is -2.16. The number of nitrogens with zero attached hydrogens (tertiary/aromatic N) is 1. The lowest BCUT2D eigenvalue weighted by Crippen LogP contribution is -2.34. The highest BCUT2D eigenvalue weighted by atomic mass is 35.5. The third kappa shape index (κ3) is 4.30. The predicted molar refractivity (Wildman–Crippen MR) is 77.4 cm³/mol. The van der Waals surface area contributed by atoms with E-state index in [2.05, 4.69) is 10.3 Å². The van der Waals surface area contributed by atoms with Crippen molar-refractivity contribution in [2.45, 2.75) is 32.0 Å². The lowest BCUT2D eigenvalue weighted by molar-refractivity contribution is -0.162. The van der Waals surface area contributed by atoms with Crippen LogP contribution in [0.1, 0.15) is 19.8 Å². The van der Waals surface area contributed by atoms with E-state index in [0.29, 0.717) is 18.1 Å². The number of rotatable bonds is 4. The zero-order valence-electron chi connectivity index (χ0n) is 11.3. The Kier molecular flexibility index (Phi) is 5.39. The highest BCUT2D eigenvalue weighted by molar-refractivity contribution is 6.36. The maximum absolute atomic E-state index is 11.9. The number of amides is 1. The molecule has 1 aromatic heterocycles. The second-order valence-electron chi connectivity index (χ2n) is 4.55. The van der Waals surface area contributed by atoms with Gasteiger partial charge in [0, 0.05) is 12.8 Å². The van der Waals surface area contributed by atoms with Crippen molar-refractivity contribution in [3.05, 3.63) is 22.3 Å². The number of carbonyl (C=O) groups excluding carboxylic acids is 2. The van der Waals surface area contributed by atoms with E-state index in [0.717, 1.165) is 6.42 Å². The van der Waals surface area contributed by atoms with E-state index in [1.165, 1.54) is 19.2 Å². The molecule has 0 unspecified atom stereocenters. The van der Waals surface area contributed by atoms with E-state index in [-0.39, 0.29) is 10.8 Å². The van der Waals surface area contributed by atoms with Crippen LogP contribution in [-0.2, 0) is 19.1 Å². The van der Waals surface area contributed by atoms with E-state index in [9.17, 15) is 9.59 Å². The van der Waals surface area contributed by atoms with Crippen LogP contribution in [0.25, 0.3) is 0 Å². The van der Waals surface area contributed by atoms with E-state index >= 15 is 0 Å². The van der Waals surface area contributed by atoms with Gasteiger partial charge in [0.05, 0.1) is 10.0 Å². The van der Waals surface area contributed by atoms with E-state index in [1.54, 1.807) is 0 Å². The molecule has 21 heavy (non-hydrogen) atoms. The molecule has 6 nitrogen and oxygen atoms in total. The van der Waals surface area contributed by atoms with E-state index in [4.69, 9.17) is 32.7 Å². The first-order chi connectivity index (χ1) is 9.97. The normalized spacial score (nSPS) is 19.1. The first-order valence-electron chi connectivity index (χ1n) is 6.41. The fraction of sp³-hybridized carbons (Fsp3) is 0.462. The topological polar surface area (TPSA) is 77.5 Å².